The SMILES string of the molecule is COC(CN1CC(=O)N2C(c3ccc([N+](=O)[O-])cc3)c3[nH]c4ccccc4c3C[C@H]2C1=O)OC. The van der Waals surface area contributed by atoms with E-state index in [0.29, 0.717) is 12.0 Å². The van der Waals surface area contributed by atoms with Crippen LogP contribution in [0.4, 0.5) is 5.69 Å². The zero-order valence-electron chi connectivity index (χ0n) is 18.8. The number of nitro groups is 1. The van der Waals surface area contributed by atoms with E-state index < -0.39 is 23.3 Å². The first-order chi connectivity index (χ1) is 16.4. The molecule has 0 aliphatic carbocycles. The molecule has 2 aliphatic rings. The number of amides is 2. The fraction of sp³-hybridized carbons (Fsp3) is 0.333. The molecule has 3 heterocycles. The van der Waals surface area contributed by atoms with Crippen LogP contribution in [0.25, 0.3) is 10.9 Å². The molecule has 34 heavy (non-hydrogen) atoms. The van der Waals surface area contributed by atoms with Gasteiger partial charge in [-0.25, -0.2) is 0 Å². The molecule has 1 N–H and O–H groups in total. The van der Waals surface area contributed by atoms with E-state index in [9.17, 15) is 19.7 Å². The molecule has 2 aliphatic heterocycles. The maximum Gasteiger partial charge on any atom is 0.269 e. The lowest BCUT2D eigenvalue weighted by atomic mass is 9.86. The van der Waals surface area contributed by atoms with E-state index >= 15 is 0 Å². The highest BCUT2D eigenvalue weighted by Gasteiger charge is 2.48. The van der Waals surface area contributed by atoms with Gasteiger partial charge in [0.2, 0.25) is 11.8 Å². The first-order valence-electron chi connectivity index (χ1n) is 10.9. The van der Waals surface area contributed by atoms with Crippen molar-refractivity contribution in [2.24, 2.45) is 0 Å². The summed E-state index contributed by atoms with van der Waals surface area (Å²) in [7, 11) is 2.97. The van der Waals surface area contributed by atoms with Crippen molar-refractivity contribution in [3.05, 3.63) is 75.5 Å². The minimum absolute atomic E-state index is 0.0367. The van der Waals surface area contributed by atoms with Gasteiger partial charge < -0.3 is 24.3 Å². The Bertz CT molecular complexity index is 1270. The van der Waals surface area contributed by atoms with Crippen LogP contribution < -0.4 is 0 Å². The molecule has 3 aromatic rings. The molecule has 0 radical (unpaired) electrons. The van der Waals surface area contributed by atoms with Gasteiger partial charge in [-0.05, 0) is 29.3 Å². The van der Waals surface area contributed by atoms with Crippen LogP contribution in [0.1, 0.15) is 22.9 Å². The quantitative estimate of drug-likeness (QED) is 0.340. The molecule has 1 unspecified atom stereocenters. The number of para-hydroxylation sites is 1. The van der Waals surface area contributed by atoms with Crippen molar-refractivity contribution >= 4 is 28.4 Å². The largest absolute Gasteiger partial charge is 0.356 e. The zero-order valence-corrected chi connectivity index (χ0v) is 18.8. The number of non-ortho nitro benzene ring substituents is 1. The van der Waals surface area contributed by atoms with Crippen molar-refractivity contribution in [1.82, 2.24) is 14.8 Å². The van der Waals surface area contributed by atoms with E-state index in [1.807, 2.05) is 24.3 Å². The van der Waals surface area contributed by atoms with Gasteiger partial charge in [-0.2, -0.15) is 0 Å². The van der Waals surface area contributed by atoms with Gasteiger partial charge in [0.25, 0.3) is 5.69 Å². The Morgan fingerprint density at radius 3 is 2.50 bits per heavy atom. The highest BCUT2D eigenvalue weighted by Crippen LogP contribution is 2.42. The van der Waals surface area contributed by atoms with Crippen molar-refractivity contribution in [3.63, 3.8) is 0 Å². The number of hydrogen-bond donors (Lipinski definition) is 1. The van der Waals surface area contributed by atoms with Crippen LogP contribution in [0.5, 0.6) is 0 Å². The number of aromatic amines is 1. The van der Waals surface area contributed by atoms with Crippen LogP contribution in [0, 0.1) is 10.1 Å². The van der Waals surface area contributed by atoms with E-state index in [-0.39, 0.29) is 30.6 Å². The van der Waals surface area contributed by atoms with Gasteiger partial charge in [-0.1, -0.05) is 18.2 Å². The van der Waals surface area contributed by atoms with Crippen LogP contribution in [0.15, 0.2) is 48.5 Å². The summed E-state index contributed by atoms with van der Waals surface area (Å²) in [6.07, 6.45) is -0.268. The van der Waals surface area contributed by atoms with Gasteiger partial charge in [-0.15, -0.1) is 0 Å². The van der Waals surface area contributed by atoms with Crippen molar-refractivity contribution < 1.29 is 24.0 Å². The minimum atomic E-state index is -0.706. The number of nitrogens with one attached hydrogen (secondary N) is 1. The molecule has 0 spiro atoms. The van der Waals surface area contributed by atoms with Crippen molar-refractivity contribution in [2.45, 2.75) is 24.8 Å². The second-order valence-corrected chi connectivity index (χ2v) is 8.45. The molecule has 10 heteroatoms. The number of hydrogen-bond acceptors (Lipinski definition) is 6. The summed E-state index contributed by atoms with van der Waals surface area (Å²) in [5.41, 5.74) is 3.37. The fourth-order valence-corrected chi connectivity index (χ4v) is 5.03. The van der Waals surface area contributed by atoms with Crippen LogP contribution in [0.3, 0.4) is 0 Å². The third-order valence-corrected chi connectivity index (χ3v) is 6.66. The number of rotatable bonds is 6. The Morgan fingerprint density at radius 1 is 1.12 bits per heavy atom. The number of benzene rings is 2. The van der Waals surface area contributed by atoms with E-state index in [1.165, 1.54) is 31.3 Å². The monoisotopic (exact) mass is 464 g/mol. The number of carbonyl (C=O) groups is 2. The number of carbonyl (C=O) groups excluding carboxylic acids is 2. The fourth-order valence-electron chi connectivity index (χ4n) is 5.03. The van der Waals surface area contributed by atoms with Crippen molar-refractivity contribution in [2.75, 3.05) is 27.3 Å². The number of ether oxygens (including phenoxy) is 2. The van der Waals surface area contributed by atoms with E-state index in [1.54, 1.807) is 17.0 Å². The van der Waals surface area contributed by atoms with Gasteiger partial charge in [0.1, 0.15) is 12.6 Å². The number of methoxy groups -OCH3 is 2. The van der Waals surface area contributed by atoms with Crippen LogP contribution in [-0.4, -0.2) is 71.2 Å². The molecule has 2 atom stereocenters. The van der Waals surface area contributed by atoms with E-state index in [0.717, 1.165) is 22.2 Å². The number of H-pyrrole nitrogens is 1. The standard InChI is InChI=1S/C24H24N4O6/c1-33-21(34-2)13-26-12-20(29)27-19(24(26)30)11-17-16-5-3-4-6-18(16)25-22(17)23(27)14-7-9-15(10-8-14)28(31)32/h3-10,19,21,23,25H,11-13H2,1-2H3/t19-,23?/m0/s1. The Balaban J connectivity index is 1.61. The molecule has 5 rings (SSSR count). The second kappa shape index (κ2) is 8.54. The Labute approximate surface area is 195 Å². The van der Waals surface area contributed by atoms with E-state index in [4.69, 9.17) is 9.47 Å². The lowest BCUT2D eigenvalue weighted by molar-refractivity contribution is -0.384. The molecule has 1 fully saturated rings. The van der Waals surface area contributed by atoms with Gasteiger partial charge in [0.05, 0.1) is 17.5 Å². The van der Waals surface area contributed by atoms with Gasteiger partial charge in [0, 0.05) is 49.4 Å². The first kappa shape index (κ1) is 22.1. The molecule has 1 aromatic heterocycles. The summed E-state index contributed by atoms with van der Waals surface area (Å²) in [6.45, 7) is 0.0441. The van der Waals surface area contributed by atoms with Crippen LogP contribution in [0.2, 0.25) is 0 Å². The first-order valence-corrected chi connectivity index (χ1v) is 10.9. The molecule has 0 bridgehead atoms. The molecule has 176 valence electrons. The topological polar surface area (TPSA) is 118 Å². The maximum absolute atomic E-state index is 13.6. The van der Waals surface area contributed by atoms with Gasteiger partial charge in [0.15, 0.2) is 6.29 Å². The summed E-state index contributed by atoms with van der Waals surface area (Å²) in [6, 6.07) is 12.7. The maximum atomic E-state index is 13.6. The lowest BCUT2D eigenvalue weighted by Gasteiger charge is -2.47. The average Bonchev–Trinajstić information content (AvgIpc) is 3.22. The Kier molecular flexibility index (Phi) is 5.54. The number of fused-ring (bicyclic) bond motifs is 4. The Morgan fingerprint density at radius 2 is 1.82 bits per heavy atom. The minimum Gasteiger partial charge on any atom is -0.356 e. The molecule has 10 nitrogen and oxygen atoms in total. The average molecular weight is 464 g/mol. The molecule has 1 saturated heterocycles. The third kappa shape index (κ3) is 3.51. The molecular formula is C24H24N4O6. The number of nitrogens with zero attached hydrogens (tertiary/aromatic N) is 3. The summed E-state index contributed by atoms with van der Waals surface area (Å²) in [5.74, 6) is -0.384. The Hall–Kier alpha value is -3.76. The summed E-state index contributed by atoms with van der Waals surface area (Å²) in [4.78, 5) is 44.3. The van der Waals surface area contributed by atoms with Crippen molar-refractivity contribution in [1.29, 1.82) is 0 Å². The predicted molar refractivity (Wildman–Crippen MR) is 122 cm³/mol. The highest BCUT2D eigenvalue weighted by molar-refractivity contribution is 5.97. The van der Waals surface area contributed by atoms with Gasteiger partial charge >= 0.3 is 0 Å². The highest BCUT2D eigenvalue weighted by atomic mass is 16.7. The van der Waals surface area contributed by atoms with E-state index in [2.05, 4.69) is 4.98 Å². The van der Waals surface area contributed by atoms with Gasteiger partial charge in [-0.3, -0.25) is 19.7 Å². The zero-order chi connectivity index (χ0) is 24.0. The summed E-state index contributed by atoms with van der Waals surface area (Å²) < 4.78 is 10.5. The molecule has 0 saturated carbocycles. The summed E-state index contributed by atoms with van der Waals surface area (Å²) in [5, 5.41) is 12.2. The molecular weight excluding hydrogens is 440 g/mol. The predicted octanol–water partition coefficient (Wildman–Crippen LogP) is 2.38. The van der Waals surface area contributed by atoms with Crippen molar-refractivity contribution in [3.8, 4) is 0 Å². The number of aromatic nitrogens is 1. The third-order valence-electron chi connectivity index (χ3n) is 6.66. The normalized spacial score (nSPS) is 20.1. The lowest BCUT2D eigenvalue weighted by Crippen LogP contribution is -2.63. The number of piperazine rings is 1. The summed E-state index contributed by atoms with van der Waals surface area (Å²) >= 11 is 0. The molecule has 2 aromatic carbocycles. The second-order valence-electron chi connectivity index (χ2n) is 8.45. The molecule has 2 amide bonds. The van der Waals surface area contributed by atoms with Crippen LogP contribution in [-0.2, 0) is 25.5 Å². The van der Waals surface area contributed by atoms with Crippen LogP contribution >= 0.6 is 0 Å². The smallest absolute Gasteiger partial charge is 0.269 e. The number of nitro benzene ring substituents is 1.